The SMILES string of the molecule is CCOc1ccc(N(CC(=O)N(Cc2ccc(Cl)cc2)C(CC)C(=O)NC(C)CC)S(=O)(=O)c2ccc(SC)cc2)cc1. The van der Waals surface area contributed by atoms with Crippen molar-refractivity contribution in [3.8, 4) is 5.75 Å². The van der Waals surface area contributed by atoms with E-state index in [-0.39, 0.29) is 23.4 Å². The van der Waals surface area contributed by atoms with E-state index < -0.39 is 28.5 Å². The van der Waals surface area contributed by atoms with Crippen molar-refractivity contribution in [2.45, 2.75) is 69.0 Å². The highest BCUT2D eigenvalue weighted by Gasteiger charge is 2.34. The Hall–Kier alpha value is -3.21. The fourth-order valence-electron chi connectivity index (χ4n) is 4.43. The summed E-state index contributed by atoms with van der Waals surface area (Å²) in [6, 6.07) is 19.2. The van der Waals surface area contributed by atoms with Crippen molar-refractivity contribution >= 4 is 50.9 Å². The summed E-state index contributed by atoms with van der Waals surface area (Å²) < 4.78 is 34.8. The number of rotatable bonds is 15. The van der Waals surface area contributed by atoms with Crippen LogP contribution in [0.25, 0.3) is 0 Å². The van der Waals surface area contributed by atoms with Crippen molar-refractivity contribution in [2.24, 2.45) is 0 Å². The Morgan fingerprint density at radius 2 is 1.56 bits per heavy atom. The zero-order chi connectivity index (χ0) is 31.6. The number of hydrogen-bond acceptors (Lipinski definition) is 6. The summed E-state index contributed by atoms with van der Waals surface area (Å²) in [5.41, 5.74) is 1.06. The van der Waals surface area contributed by atoms with Crippen LogP contribution in [-0.2, 0) is 26.2 Å². The number of carbonyl (C=O) groups is 2. The Morgan fingerprint density at radius 3 is 2.09 bits per heavy atom. The van der Waals surface area contributed by atoms with Gasteiger partial charge >= 0.3 is 0 Å². The topological polar surface area (TPSA) is 96.0 Å². The van der Waals surface area contributed by atoms with Crippen molar-refractivity contribution in [2.75, 3.05) is 23.7 Å². The summed E-state index contributed by atoms with van der Waals surface area (Å²) in [5, 5.41) is 3.52. The zero-order valence-electron chi connectivity index (χ0n) is 25.2. The molecule has 0 fully saturated rings. The van der Waals surface area contributed by atoms with Crippen molar-refractivity contribution in [1.29, 1.82) is 0 Å². The number of halogens is 1. The Labute approximate surface area is 264 Å². The molecule has 0 aliphatic carbocycles. The van der Waals surface area contributed by atoms with Gasteiger partial charge < -0.3 is 15.0 Å². The van der Waals surface area contributed by atoms with Gasteiger partial charge in [-0.05, 0) is 99.2 Å². The average Bonchev–Trinajstić information content (AvgIpc) is 3.01. The number of anilines is 1. The fourth-order valence-corrected chi connectivity index (χ4v) is 6.37. The van der Waals surface area contributed by atoms with Crippen LogP contribution in [-0.4, -0.2) is 56.6 Å². The number of hydrogen-bond donors (Lipinski definition) is 1. The molecule has 2 unspecified atom stereocenters. The van der Waals surface area contributed by atoms with Crippen molar-refractivity contribution in [3.63, 3.8) is 0 Å². The van der Waals surface area contributed by atoms with E-state index in [0.717, 1.165) is 21.2 Å². The minimum atomic E-state index is -4.17. The first kappa shape index (κ1) is 34.3. The number of amides is 2. The normalized spacial score (nSPS) is 12.7. The molecule has 0 spiro atoms. The summed E-state index contributed by atoms with van der Waals surface area (Å²) in [6.07, 6.45) is 2.98. The van der Waals surface area contributed by atoms with Crippen LogP contribution in [0.5, 0.6) is 5.75 Å². The fraction of sp³-hybridized carbons (Fsp3) is 0.375. The molecule has 0 aliphatic rings. The number of nitrogens with zero attached hydrogens (tertiary/aromatic N) is 2. The molecular weight excluding hydrogens is 606 g/mol. The Balaban J connectivity index is 2.06. The number of ether oxygens (including phenoxy) is 1. The van der Waals surface area contributed by atoms with Crippen LogP contribution in [0, 0.1) is 0 Å². The smallest absolute Gasteiger partial charge is 0.264 e. The van der Waals surface area contributed by atoms with E-state index >= 15 is 0 Å². The van der Waals surface area contributed by atoms with Gasteiger partial charge in [0.2, 0.25) is 11.8 Å². The van der Waals surface area contributed by atoms with E-state index in [1.807, 2.05) is 34.0 Å². The lowest BCUT2D eigenvalue weighted by Gasteiger charge is -2.33. The molecule has 232 valence electrons. The second-order valence-electron chi connectivity index (χ2n) is 10.0. The largest absolute Gasteiger partial charge is 0.494 e. The Bertz CT molecular complexity index is 1450. The third kappa shape index (κ3) is 9.14. The third-order valence-electron chi connectivity index (χ3n) is 7.02. The first-order valence-electron chi connectivity index (χ1n) is 14.3. The van der Waals surface area contributed by atoms with Crippen molar-refractivity contribution < 1.29 is 22.7 Å². The molecule has 0 saturated carbocycles. The molecule has 2 atom stereocenters. The van der Waals surface area contributed by atoms with Crippen LogP contribution < -0.4 is 14.4 Å². The van der Waals surface area contributed by atoms with Crippen LogP contribution in [0.3, 0.4) is 0 Å². The van der Waals surface area contributed by atoms with Gasteiger partial charge in [-0.25, -0.2) is 8.42 Å². The minimum absolute atomic E-state index is 0.0535. The zero-order valence-corrected chi connectivity index (χ0v) is 27.6. The minimum Gasteiger partial charge on any atom is -0.494 e. The van der Waals surface area contributed by atoms with Crippen LogP contribution in [0.4, 0.5) is 5.69 Å². The molecule has 0 bridgehead atoms. The number of thioether (sulfide) groups is 1. The second kappa shape index (κ2) is 16.0. The molecule has 3 rings (SSSR count). The summed E-state index contributed by atoms with van der Waals surface area (Å²) >= 11 is 7.59. The molecule has 8 nitrogen and oxygen atoms in total. The maximum Gasteiger partial charge on any atom is 0.264 e. The molecular formula is C32H40ClN3O5S2. The summed E-state index contributed by atoms with van der Waals surface area (Å²) in [5.74, 6) is -0.224. The van der Waals surface area contributed by atoms with Gasteiger partial charge in [-0.2, -0.15) is 0 Å². The highest BCUT2D eigenvalue weighted by Crippen LogP contribution is 2.28. The first-order chi connectivity index (χ1) is 20.5. The molecule has 43 heavy (non-hydrogen) atoms. The predicted molar refractivity (Wildman–Crippen MR) is 174 cm³/mol. The van der Waals surface area contributed by atoms with E-state index in [9.17, 15) is 18.0 Å². The van der Waals surface area contributed by atoms with Gasteiger partial charge in [0, 0.05) is 22.5 Å². The summed E-state index contributed by atoms with van der Waals surface area (Å²) in [7, 11) is -4.17. The molecule has 0 aromatic heterocycles. The number of benzene rings is 3. The van der Waals surface area contributed by atoms with Gasteiger partial charge in [0.25, 0.3) is 10.0 Å². The molecule has 0 saturated heterocycles. The summed E-state index contributed by atoms with van der Waals surface area (Å²) in [4.78, 5) is 30.0. The number of carbonyl (C=O) groups excluding carboxylic acids is 2. The lowest BCUT2D eigenvalue weighted by Crippen LogP contribution is -2.53. The van der Waals surface area contributed by atoms with E-state index in [4.69, 9.17) is 16.3 Å². The van der Waals surface area contributed by atoms with Gasteiger partial charge in [-0.3, -0.25) is 13.9 Å². The summed E-state index contributed by atoms with van der Waals surface area (Å²) in [6.45, 7) is 7.60. The predicted octanol–water partition coefficient (Wildman–Crippen LogP) is 6.38. The molecule has 11 heteroatoms. The van der Waals surface area contributed by atoms with Crippen LogP contribution in [0.2, 0.25) is 5.02 Å². The van der Waals surface area contributed by atoms with E-state index in [1.54, 1.807) is 60.7 Å². The maximum atomic E-state index is 14.2. The number of nitrogens with one attached hydrogen (secondary N) is 1. The third-order valence-corrected chi connectivity index (χ3v) is 9.80. The molecule has 3 aromatic carbocycles. The van der Waals surface area contributed by atoms with Crippen LogP contribution in [0.15, 0.2) is 82.6 Å². The number of sulfonamides is 1. The monoisotopic (exact) mass is 645 g/mol. The lowest BCUT2D eigenvalue weighted by atomic mass is 10.1. The van der Waals surface area contributed by atoms with Crippen LogP contribution >= 0.6 is 23.4 Å². The van der Waals surface area contributed by atoms with E-state index in [2.05, 4.69) is 5.32 Å². The van der Waals surface area contributed by atoms with Gasteiger partial charge in [-0.15, -0.1) is 11.8 Å². The van der Waals surface area contributed by atoms with Crippen LogP contribution in [0.1, 0.15) is 46.1 Å². The maximum absolute atomic E-state index is 14.2. The molecule has 3 aromatic rings. The molecule has 1 N–H and O–H groups in total. The van der Waals surface area contributed by atoms with E-state index in [1.165, 1.54) is 28.8 Å². The van der Waals surface area contributed by atoms with Crippen molar-refractivity contribution in [3.05, 3.63) is 83.4 Å². The van der Waals surface area contributed by atoms with Gasteiger partial charge in [-0.1, -0.05) is 37.6 Å². The Morgan fingerprint density at radius 1 is 0.930 bits per heavy atom. The van der Waals surface area contributed by atoms with Gasteiger partial charge in [0.15, 0.2) is 0 Å². The highest BCUT2D eigenvalue weighted by atomic mass is 35.5. The van der Waals surface area contributed by atoms with Crippen molar-refractivity contribution in [1.82, 2.24) is 10.2 Å². The second-order valence-corrected chi connectivity index (χ2v) is 13.2. The van der Waals surface area contributed by atoms with Gasteiger partial charge in [0.1, 0.15) is 18.3 Å². The molecule has 0 aliphatic heterocycles. The average molecular weight is 646 g/mol. The molecule has 0 heterocycles. The molecule has 0 radical (unpaired) electrons. The quantitative estimate of drug-likeness (QED) is 0.193. The van der Waals surface area contributed by atoms with Gasteiger partial charge in [0.05, 0.1) is 17.2 Å². The first-order valence-corrected chi connectivity index (χ1v) is 17.3. The Kier molecular flexibility index (Phi) is 12.8. The molecule has 2 amide bonds. The standard InChI is InChI=1S/C32H40ClN3O5S2/c1-6-23(4)34-32(38)30(7-2)35(21-24-9-11-25(33)12-10-24)31(37)22-36(26-13-15-27(16-14-26)41-8-3)43(39,40)29-19-17-28(42-5)18-20-29/h9-20,23,30H,6-8,21-22H2,1-5H3,(H,34,38). The lowest BCUT2D eigenvalue weighted by molar-refractivity contribution is -0.140. The van der Waals surface area contributed by atoms with E-state index in [0.29, 0.717) is 29.5 Å². The highest BCUT2D eigenvalue weighted by molar-refractivity contribution is 7.98.